The molecule has 0 unspecified atom stereocenters. The molecule has 2 aromatic rings. The number of hydrogen-bond acceptors (Lipinski definition) is 5. The Labute approximate surface area is 133 Å². The molecule has 0 saturated carbocycles. The molecule has 1 aromatic carbocycles. The van der Waals surface area contributed by atoms with Crippen LogP contribution in [0.2, 0.25) is 0 Å². The summed E-state index contributed by atoms with van der Waals surface area (Å²) in [6.45, 7) is 3.34. The second kappa shape index (κ2) is 4.95. The van der Waals surface area contributed by atoms with Gasteiger partial charge in [-0.05, 0) is 17.2 Å². The Balaban J connectivity index is 2.14. The SMILES string of the molecule is C=C(c1ccc2c(c1)C(=O)c1nc(C(F)(F)F)ncc1-2)S(N)(=O)=O. The molecule has 10 heteroatoms. The third-order valence-corrected chi connectivity index (χ3v) is 4.40. The summed E-state index contributed by atoms with van der Waals surface area (Å²) in [5.41, 5.74) is 0.165. The number of aromatic nitrogens is 2. The van der Waals surface area contributed by atoms with Crippen molar-refractivity contribution in [2.45, 2.75) is 6.18 Å². The monoisotopic (exact) mass is 355 g/mol. The zero-order chi connectivity index (χ0) is 17.9. The Bertz CT molecular complexity index is 1010. The topological polar surface area (TPSA) is 103 Å². The molecule has 0 atom stereocenters. The molecule has 1 aliphatic rings. The van der Waals surface area contributed by atoms with E-state index < -0.39 is 32.7 Å². The summed E-state index contributed by atoms with van der Waals surface area (Å²) in [6.07, 6.45) is -3.86. The molecule has 24 heavy (non-hydrogen) atoms. The fraction of sp³-hybridized carbons (Fsp3) is 0.0714. The highest BCUT2D eigenvalue weighted by Crippen LogP contribution is 2.38. The van der Waals surface area contributed by atoms with Crippen molar-refractivity contribution in [3.63, 3.8) is 0 Å². The van der Waals surface area contributed by atoms with Gasteiger partial charge in [0.25, 0.3) is 0 Å². The number of nitrogens with two attached hydrogens (primary N) is 1. The van der Waals surface area contributed by atoms with Crippen molar-refractivity contribution < 1.29 is 26.4 Å². The minimum absolute atomic E-state index is 0.0147. The maximum Gasteiger partial charge on any atom is 0.451 e. The first kappa shape index (κ1) is 16.3. The van der Waals surface area contributed by atoms with Gasteiger partial charge in [0.15, 0.2) is 0 Å². The number of benzene rings is 1. The lowest BCUT2D eigenvalue weighted by Gasteiger charge is -2.06. The maximum absolute atomic E-state index is 12.7. The van der Waals surface area contributed by atoms with E-state index >= 15 is 0 Å². The molecule has 6 nitrogen and oxygen atoms in total. The molecule has 1 aromatic heterocycles. The van der Waals surface area contributed by atoms with E-state index in [1.54, 1.807) is 0 Å². The molecule has 2 N–H and O–H groups in total. The minimum atomic E-state index is -4.78. The zero-order valence-electron chi connectivity index (χ0n) is 11.8. The summed E-state index contributed by atoms with van der Waals surface area (Å²) in [6, 6.07) is 3.95. The second-order valence-corrected chi connectivity index (χ2v) is 6.59. The number of primary sulfonamides is 1. The Hall–Kier alpha value is -2.59. The van der Waals surface area contributed by atoms with Crippen LogP contribution in [0.5, 0.6) is 0 Å². The van der Waals surface area contributed by atoms with Gasteiger partial charge >= 0.3 is 6.18 Å². The summed E-state index contributed by atoms with van der Waals surface area (Å²) in [7, 11) is -4.07. The summed E-state index contributed by atoms with van der Waals surface area (Å²) in [4.78, 5) is 18.4. The fourth-order valence-corrected chi connectivity index (χ4v) is 2.78. The first-order valence-corrected chi connectivity index (χ1v) is 7.90. The molecule has 0 fully saturated rings. The first-order valence-electron chi connectivity index (χ1n) is 6.35. The summed E-state index contributed by atoms with van der Waals surface area (Å²) < 4.78 is 60.7. The van der Waals surface area contributed by atoms with Crippen molar-refractivity contribution in [2.24, 2.45) is 5.14 Å². The largest absolute Gasteiger partial charge is 0.451 e. The summed E-state index contributed by atoms with van der Waals surface area (Å²) >= 11 is 0. The third kappa shape index (κ3) is 2.49. The van der Waals surface area contributed by atoms with Crippen LogP contribution in [-0.4, -0.2) is 24.2 Å². The molecule has 0 bridgehead atoms. The van der Waals surface area contributed by atoms with Gasteiger partial charge in [-0.3, -0.25) is 4.79 Å². The highest BCUT2D eigenvalue weighted by molar-refractivity contribution is 7.98. The van der Waals surface area contributed by atoms with Crippen molar-refractivity contribution in [1.82, 2.24) is 9.97 Å². The third-order valence-electron chi connectivity index (χ3n) is 3.48. The van der Waals surface area contributed by atoms with Crippen LogP contribution in [0.15, 0.2) is 31.0 Å². The summed E-state index contributed by atoms with van der Waals surface area (Å²) in [5.74, 6) is -2.17. The smallest absolute Gasteiger partial charge is 0.287 e. The molecule has 1 aliphatic carbocycles. The lowest BCUT2D eigenvalue weighted by Crippen LogP contribution is -2.14. The number of fused-ring (bicyclic) bond motifs is 3. The van der Waals surface area contributed by atoms with Crippen LogP contribution in [0.1, 0.15) is 27.4 Å². The average molecular weight is 355 g/mol. The van der Waals surface area contributed by atoms with Crippen LogP contribution in [-0.2, 0) is 16.2 Å². The highest BCUT2D eigenvalue weighted by Gasteiger charge is 2.38. The molecule has 124 valence electrons. The molecule has 0 radical (unpaired) electrons. The maximum atomic E-state index is 12.7. The quantitative estimate of drug-likeness (QED) is 0.757. The van der Waals surface area contributed by atoms with Crippen molar-refractivity contribution >= 4 is 20.7 Å². The van der Waals surface area contributed by atoms with Gasteiger partial charge in [0.1, 0.15) is 5.69 Å². The number of sulfonamides is 1. The Morgan fingerprint density at radius 1 is 1.17 bits per heavy atom. The number of rotatable bonds is 2. The molecular formula is C14H8F3N3O3S. The Kier molecular flexibility index (Phi) is 3.36. The van der Waals surface area contributed by atoms with E-state index in [1.807, 2.05) is 0 Å². The number of halogens is 3. The van der Waals surface area contributed by atoms with Crippen LogP contribution in [0, 0.1) is 0 Å². The van der Waals surface area contributed by atoms with Gasteiger partial charge in [0, 0.05) is 17.3 Å². The summed E-state index contributed by atoms with van der Waals surface area (Å²) in [5, 5.41) is 4.98. The number of hydrogen-bond donors (Lipinski definition) is 1. The van der Waals surface area contributed by atoms with Crippen molar-refractivity contribution in [1.29, 1.82) is 0 Å². The fourth-order valence-electron chi connectivity index (χ4n) is 2.32. The normalized spacial score (nSPS) is 13.6. The highest BCUT2D eigenvalue weighted by atomic mass is 32.2. The van der Waals surface area contributed by atoms with E-state index in [-0.39, 0.29) is 22.4 Å². The van der Waals surface area contributed by atoms with Crippen molar-refractivity contribution in [2.75, 3.05) is 0 Å². The number of carbonyl (C=O) groups excluding carboxylic acids is 1. The molecule has 0 amide bonds. The predicted octanol–water partition coefficient (Wildman–Crippen LogP) is 1.97. The molecule has 0 saturated heterocycles. The van der Waals surface area contributed by atoms with Crippen LogP contribution in [0.25, 0.3) is 16.0 Å². The van der Waals surface area contributed by atoms with E-state index in [0.29, 0.717) is 5.56 Å². The van der Waals surface area contributed by atoms with Crippen molar-refractivity contribution in [3.8, 4) is 11.1 Å². The van der Waals surface area contributed by atoms with E-state index in [1.165, 1.54) is 18.2 Å². The van der Waals surface area contributed by atoms with E-state index in [2.05, 4.69) is 16.5 Å². The van der Waals surface area contributed by atoms with Crippen molar-refractivity contribution in [3.05, 3.63) is 53.6 Å². The van der Waals surface area contributed by atoms with Crippen LogP contribution in [0.3, 0.4) is 0 Å². The van der Waals surface area contributed by atoms with Gasteiger partial charge in [-0.2, -0.15) is 13.2 Å². The standard InChI is InChI=1S/C14H8F3N3O3S/c1-6(24(18,22)23)7-2-3-8-9(4-7)12(21)11-10(8)5-19-13(20-11)14(15,16)17/h2-5H,1H2,(H2,18,22,23). The van der Waals surface area contributed by atoms with Gasteiger partial charge in [-0.25, -0.2) is 23.5 Å². The Morgan fingerprint density at radius 3 is 2.42 bits per heavy atom. The number of alkyl halides is 3. The lowest BCUT2D eigenvalue weighted by molar-refractivity contribution is -0.145. The molecule has 0 aliphatic heterocycles. The number of nitrogens with zero attached hydrogens (tertiary/aromatic N) is 2. The first-order chi connectivity index (χ1) is 11.0. The predicted molar refractivity (Wildman–Crippen MR) is 78.0 cm³/mol. The minimum Gasteiger partial charge on any atom is -0.287 e. The lowest BCUT2D eigenvalue weighted by atomic mass is 10.0. The van der Waals surface area contributed by atoms with Crippen LogP contribution in [0.4, 0.5) is 13.2 Å². The van der Waals surface area contributed by atoms with Crippen LogP contribution < -0.4 is 5.14 Å². The molecular weight excluding hydrogens is 347 g/mol. The van der Waals surface area contributed by atoms with Gasteiger partial charge in [-0.15, -0.1) is 0 Å². The second-order valence-electron chi connectivity index (χ2n) is 5.01. The molecule has 0 spiro atoms. The molecule has 3 rings (SSSR count). The molecule has 1 heterocycles. The van der Waals surface area contributed by atoms with E-state index in [9.17, 15) is 26.4 Å². The van der Waals surface area contributed by atoms with Gasteiger partial charge in [-0.1, -0.05) is 18.7 Å². The van der Waals surface area contributed by atoms with E-state index in [0.717, 1.165) is 6.20 Å². The number of carbonyl (C=O) groups is 1. The average Bonchev–Trinajstić information content (AvgIpc) is 2.77. The van der Waals surface area contributed by atoms with Crippen LogP contribution >= 0.6 is 0 Å². The number of ketones is 1. The Morgan fingerprint density at radius 2 is 1.83 bits per heavy atom. The zero-order valence-corrected chi connectivity index (χ0v) is 12.6. The van der Waals surface area contributed by atoms with Gasteiger partial charge in [0.2, 0.25) is 21.6 Å². The van der Waals surface area contributed by atoms with Gasteiger partial charge in [0.05, 0.1) is 4.91 Å². The van der Waals surface area contributed by atoms with E-state index in [4.69, 9.17) is 5.14 Å². The van der Waals surface area contributed by atoms with Gasteiger partial charge < -0.3 is 0 Å².